The summed E-state index contributed by atoms with van der Waals surface area (Å²) in [4.78, 5) is 12.2. The number of aryl methyl sites for hydroxylation is 1. The van der Waals surface area contributed by atoms with Crippen molar-refractivity contribution in [2.45, 2.75) is 12.7 Å². The number of carbonyl (C=O) groups excluding carboxylic acids is 1. The molecular weight excluding hydrogens is 322 g/mol. The smallest absolute Gasteiger partial charge is 0.251 e. The lowest BCUT2D eigenvalue weighted by Gasteiger charge is -2.10. The van der Waals surface area contributed by atoms with Crippen molar-refractivity contribution < 1.29 is 14.3 Å². The van der Waals surface area contributed by atoms with Crippen LogP contribution in [0.3, 0.4) is 0 Å². The normalized spacial score (nSPS) is 10.3. The standard InChI is InChI=1S/C19H23NO3S/c1-14-6-4-5-7-16(14)13-24-11-10-20-19(21)15-8-9-17(22-2)18(12-15)23-3/h4-9,12H,10-11,13H2,1-3H3,(H,20,21). The van der Waals surface area contributed by atoms with E-state index in [-0.39, 0.29) is 5.91 Å². The van der Waals surface area contributed by atoms with Gasteiger partial charge in [0.1, 0.15) is 0 Å². The fraction of sp³-hybridized carbons (Fsp3) is 0.316. The molecule has 0 aromatic heterocycles. The lowest BCUT2D eigenvalue weighted by molar-refractivity contribution is 0.0956. The highest BCUT2D eigenvalue weighted by molar-refractivity contribution is 7.98. The van der Waals surface area contributed by atoms with Gasteiger partial charge in [-0.25, -0.2) is 0 Å². The first kappa shape index (κ1) is 18.2. The summed E-state index contributed by atoms with van der Waals surface area (Å²) in [6.45, 7) is 2.75. The molecule has 0 saturated heterocycles. The number of hydrogen-bond acceptors (Lipinski definition) is 4. The van der Waals surface area contributed by atoms with Gasteiger partial charge in [0.25, 0.3) is 5.91 Å². The number of rotatable bonds is 8. The fourth-order valence-corrected chi connectivity index (χ4v) is 3.20. The van der Waals surface area contributed by atoms with Crippen molar-refractivity contribution in [1.82, 2.24) is 5.32 Å². The van der Waals surface area contributed by atoms with Crippen molar-refractivity contribution in [2.75, 3.05) is 26.5 Å². The van der Waals surface area contributed by atoms with E-state index in [1.54, 1.807) is 32.4 Å². The predicted octanol–water partition coefficient (Wildman–Crippen LogP) is 3.68. The molecule has 2 aromatic rings. The highest BCUT2D eigenvalue weighted by Crippen LogP contribution is 2.27. The summed E-state index contributed by atoms with van der Waals surface area (Å²) >= 11 is 1.81. The zero-order valence-corrected chi connectivity index (χ0v) is 15.1. The average Bonchev–Trinajstić information content (AvgIpc) is 2.62. The van der Waals surface area contributed by atoms with E-state index < -0.39 is 0 Å². The molecular formula is C19H23NO3S. The third-order valence-corrected chi connectivity index (χ3v) is 4.70. The van der Waals surface area contributed by atoms with Crippen LogP contribution in [-0.2, 0) is 5.75 Å². The van der Waals surface area contributed by atoms with E-state index in [1.807, 2.05) is 17.8 Å². The van der Waals surface area contributed by atoms with Crippen molar-refractivity contribution in [3.05, 3.63) is 59.2 Å². The lowest BCUT2D eigenvalue weighted by atomic mass is 10.1. The van der Waals surface area contributed by atoms with Gasteiger partial charge in [-0.2, -0.15) is 11.8 Å². The molecule has 0 fully saturated rings. The van der Waals surface area contributed by atoms with Crippen molar-refractivity contribution >= 4 is 17.7 Å². The summed E-state index contributed by atoms with van der Waals surface area (Å²) in [5.41, 5.74) is 3.21. The highest BCUT2D eigenvalue weighted by Gasteiger charge is 2.10. The zero-order valence-electron chi connectivity index (χ0n) is 14.3. The minimum absolute atomic E-state index is 0.104. The van der Waals surface area contributed by atoms with E-state index in [0.29, 0.717) is 23.6 Å². The maximum absolute atomic E-state index is 12.2. The molecule has 2 rings (SSSR count). The Labute approximate surface area is 147 Å². The van der Waals surface area contributed by atoms with E-state index in [0.717, 1.165) is 11.5 Å². The first-order valence-electron chi connectivity index (χ1n) is 7.78. The van der Waals surface area contributed by atoms with Gasteiger partial charge in [-0.05, 0) is 36.2 Å². The van der Waals surface area contributed by atoms with Gasteiger partial charge in [-0.15, -0.1) is 0 Å². The van der Waals surface area contributed by atoms with Gasteiger partial charge in [-0.1, -0.05) is 24.3 Å². The Morgan fingerprint density at radius 2 is 1.83 bits per heavy atom. The SMILES string of the molecule is COc1ccc(C(=O)NCCSCc2ccccc2C)cc1OC. The summed E-state index contributed by atoms with van der Waals surface area (Å²) in [5.74, 6) is 2.89. The van der Waals surface area contributed by atoms with Crippen LogP contribution in [-0.4, -0.2) is 32.4 Å². The largest absolute Gasteiger partial charge is 0.493 e. The van der Waals surface area contributed by atoms with Crippen molar-refractivity contribution in [1.29, 1.82) is 0 Å². The summed E-state index contributed by atoms with van der Waals surface area (Å²) in [7, 11) is 3.13. The second-order valence-corrected chi connectivity index (χ2v) is 6.41. The number of carbonyl (C=O) groups is 1. The van der Waals surface area contributed by atoms with Gasteiger partial charge >= 0.3 is 0 Å². The van der Waals surface area contributed by atoms with Gasteiger partial charge in [0, 0.05) is 23.6 Å². The Hall–Kier alpha value is -2.14. The van der Waals surface area contributed by atoms with Gasteiger partial charge < -0.3 is 14.8 Å². The minimum Gasteiger partial charge on any atom is -0.493 e. The molecule has 0 bridgehead atoms. The highest BCUT2D eigenvalue weighted by atomic mass is 32.2. The second kappa shape index (κ2) is 9.23. The Morgan fingerprint density at radius 1 is 1.08 bits per heavy atom. The molecule has 1 amide bonds. The molecule has 24 heavy (non-hydrogen) atoms. The predicted molar refractivity (Wildman–Crippen MR) is 99.2 cm³/mol. The van der Waals surface area contributed by atoms with E-state index in [2.05, 4.69) is 30.4 Å². The third-order valence-electron chi connectivity index (χ3n) is 3.70. The number of methoxy groups -OCH3 is 2. The molecule has 5 heteroatoms. The van der Waals surface area contributed by atoms with Crippen molar-refractivity contribution in [3.8, 4) is 11.5 Å². The topological polar surface area (TPSA) is 47.6 Å². The molecule has 0 unspecified atom stereocenters. The van der Waals surface area contributed by atoms with Crippen LogP contribution in [0.25, 0.3) is 0 Å². The number of thioether (sulfide) groups is 1. The summed E-state index contributed by atoms with van der Waals surface area (Å²) < 4.78 is 10.4. The molecule has 2 aromatic carbocycles. The Morgan fingerprint density at radius 3 is 2.54 bits per heavy atom. The number of hydrogen-bond donors (Lipinski definition) is 1. The van der Waals surface area contributed by atoms with Gasteiger partial charge in [0.2, 0.25) is 0 Å². The molecule has 0 heterocycles. The first-order chi connectivity index (χ1) is 11.7. The lowest BCUT2D eigenvalue weighted by Crippen LogP contribution is -2.25. The molecule has 0 aliphatic rings. The number of benzene rings is 2. The third kappa shape index (κ3) is 4.93. The average molecular weight is 345 g/mol. The van der Waals surface area contributed by atoms with Crippen LogP contribution >= 0.6 is 11.8 Å². The van der Waals surface area contributed by atoms with E-state index in [1.165, 1.54) is 11.1 Å². The van der Waals surface area contributed by atoms with Crippen LogP contribution in [0.4, 0.5) is 0 Å². The Kier molecular flexibility index (Phi) is 7.00. The molecule has 0 aliphatic carbocycles. The van der Waals surface area contributed by atoms with Crippen LogP contribution < -0.4 is 14.8 Å². The van der Waals surface area contributed by atoms with Crippen LogP contribution in [0, 0.1) is 6.92 Å². The number of ether oxygens (including phenoxy) is 2. The summed E-state index contributed by atoms with van der Waals surface area (Å²) in [6, 6.07) is 13.5. The maximum Gasteiger partial charge on any atom is 0.251 e. The van der Waals surface area contributed by atoms with Crippen LogP contribution in [0.1, 0.15) is 21.5 Å². The summed E-state index contributed by atoms with van der Waals surface area (Å²) in [6.07, 6.45) is 0. The Balaban J connectivity index is 1.78. The van der Waals surface area contributed by atoms with Crippen LogP contribution in [0.2, 0.25) is 0 Å². The number of nitrogens with one attached hydrogen (secondary N) is 1. The minimum atomic E-state index is -0.104. The van der Waals surface area contributed by atoms with Crippen LogP contribution in [0.5, 0.6) is 11.5 Å². The molecule has 0 saturated carbocycles. The van der Waals surface area contributed by atoms with Crippen LogP contribution in [0.15, 0.2) is 42.5 Å². The van der Waals surface area contributed by atoms with E-state index >= 15 is 0 Å². The van der Waals surface area contributed by atoms with Gasteiger partial charge in [0.05, 0.1) is 14.2 Å². The second-order valence-electron chi connectivity index (χ2n) is 5.30. The van der Waals surface area contributed by atoms with Gasteiger partial charge in [-0.3, -0.25) is 4.79 Å². The fourth-order valence-electron chi connectivity index (χ4n) is 2.27. The molecule has 0 spiro atoms. The molecule has 128 valence electrons. The Bertz CT molecular complexity index is 688. The van der Waals surface area contributed by atoms with Crippen molar-refractivity contribution in [3.63, 3.8) is 0 Å². The molecule has 0 radical (unpaired) electrons. The quantitative estimate of drug-likeness (QED) is 0.742. The molecule has 0 aliphatic heterocycles. The monoisotopic (exact) mass is 345 g/mol. The van der Waals surface area contributed by atoms with E-state index in [4.69, 9.17) is 9.47 Å². The molecule has 1 N–H and O–H groups in total. The zero-order chi connectivity index (χ0) is 17.4. The number of amides is 1. The van der Waals surface area contributed by atoms with Gasteiger partial charge in [0.15, 0.2) is 11.5 Å². The first-order valence-corrected chi connectivity index (χ1v) is 8.93. The molecule has 4 nitrogen and oxygen atoms in total. The van der Waals surface area contributed by atoms with E-state index in [9.17, 15) is 4.79 Å². The molecule has 0 atom stereocenters. The van der Waals surface area contributed by atoms with Crippen molar-refractivity contribution in [2.24, 2.45) is 0 Å². The maximum atomic E-state index is 12.2. The summed E-state index contributed by atoms with van der Waals surface area (Å²) in [5, 5.41) is 2.93.